The number of hydrogen-bond acceptors (Lipinski definition) is 7. The Balaban J connectivity index is 1.84. The number of anilines is 1. The van der Waals surface area contributed by atoms with Gasteiger partial charge in [-0.3, -0.25) is 24.6 Å². The van der Waals surface area contributed by atoms with E-state index in [4.69, 9.17) is 4.74 Å². The Kier molecular flexibility index (Phi) is 6.98. The molecule has 0 aliphatic carbocycles. The van der Waals surface area contributed by atoms with Crippen molar-refractivity contribution in [2.45, 2.75) is 13.0 Å². The zero-order valence-corrected chi connectivity index (χ0v) is 20.5. The van der Waals surface area contributed by atoms with Crippen molar-refractivity contribution in [2.24, 2.45) is 0 Å². The van der Waals surface area contributed by atoms with Crippen LogP contribution in [0.3, 0.4) is 0 Å². The van der Waals surface area contributed by atoms with Gasteiger partial charge in [-0.25, -0.2) is 4.79 Å². The predicted molar refractivity (Wildman–Crippen MR) is 134 cm³/mol. The standard InChI is InChI=1S/C26H19BrN2O7/c1-2-36-26(33)17-7-11-19(12-8-17)28-22(15-3-9-18(27)10-4-15)21(24(31)25(28)32)23(30)16-5-13-20(14-6-16)29(34)35/h3-14,22,30H,2H2,1H3/b23-21+. The smallest absolute Gasteiger partial charge is 0.338 e. The van der Waals surface area contributed by atoms with E-state index in [0.29, 0.717) is 11.3 Å². The summed E-state index contributed by atoms with van der Waals surface area (Å²) in [6.45, 7) is 1.90. The number of nitrogens with zero attached hydrogens (tertiary/aromatic N) is 2. The summed E-state index contributed by atoms with van der Waals surface area (Å²) in [6, 6.07) is 17.0. The van der Waals surface area contributed by atoms with Crippen LogP contribution in [0.25, 0.3) is 5.76 Å². The fraction of sp³-hybridized carbons (Fsp3) is 0.115. The van der Waals surface area contributed by atoms with Gasteiger partial charge in [0.2, 0.25) is 0 Å². The van der Waals surface area contributed by atoms with E-state index in [1.54, 1.807) is 31.2 Å². The van der Waals surface area contributed by atoms with E-state index in [2.05, 4.69) is 15.9 Å². The first kappa shape index (κ1) is 24.8. The molecule has 1 unspecified atom stereocenters. The molecule has 0 aromatic heterocycles. The molecular weight excluding hydrogens is 532 g/mol. The number of ketones is 1. The van der Waals surface area contributed by atoms with Crippen LogP contribution in [0.1, 0.15) is 34.5 Å². The fourth-order valence-corrected chi connectivity index (χ4v) is 4.19. The lowest BCUT2D eigenvalue weighted by atomic mass is 9.95. The summed E-state index contributed by atoms with van der Waals surface area (Å²) < 4.78 is 5.77. The number of Topliss-reactive ketones (excluding diaryl/α,β-unsaturated/α-hetero) is 1. The van der Waals surface area contributed by atoms with Crippen LogP contribution < -0.4 is 4.90 Å². The lowest BCUT2D eigenvalue weighted by Gasteiger charge is -2.25. The maximum atomic E-state index is 13.2. The maximum absolute atomic E-state index is 13.2. The summed E-state index contributed by atoms with van der Waals surface area (Å²) in [4.78, 5) is 50.1. The topological polar surface area (TPSA) is 127 Å². The van der Waals surface area contributed by atoms with Gasteiger partial charge < -0.3 is 9.84 Å². The normalized spacial score (nSPS) is 16.7. The Morgan fingerprint density at radius 2 is 1.58 bits per heavy atom. The van der Waals surface area contributed by atoms with E-state index in [-0.39, 0.29) is 29.0 Å². The van der Waals surface area contributed by atoms with Gasteiger partial charge in [-0.1, -0.05) is 28.1 Å². The molecule has 1 fully saturated rings. The van der Waals surface area contributed by atoms with Crippen LogP contribution >= 0.6 is 15.9 Å². The molecule has 1 N–H and O–H groups in total. The van der Waals surface area contributed by atoms with Gasteiger partial charge in [0, 0.05) is 27.9 Å². The zero-order valence-electron chi connectivity index (χ0n) is 18.9. The number of aliphatic hydroxyl groups is 1. The van der Waals surface area contributed by atoms with E-state index in [9.17, 15) is 29.6 Å². The van der Waals surface area contributed by atoms with Crippen LogP contribution in [0.15, 0.2) is 82.8 Å². The summed E-state index contributed by atoms with van der Waals surface area (Å²) >= 11 is 3.36. The molecule has 1 aliphatic rings. The highest BCUT2D eigenvalue weighted by Crippen LogP contribution is 2.42. The number of hydrogen-bond donors (Lipinski definition) is 1. The second-order valence-electron chi connectivity index (χ2n) is 7.79. The second-order valence-corrected chi connectivity index (χ2v) is 8.71. The number of benzene rings is 3. The number of ether oxygens (including phenoxy) is 1. The molecule has 0 bridgehead atoms. The third-order valence-corrected chi connectivity index (χ3v) is 6.17. The number of nitro groups is 1. The fourth-order valence-electron chi connectivity index (χ4n) is 3.93. The first-order chi connectivity index (χ1) is 17.2. The summed E-state index contributed by atoms with van der Waals surface area (Å²) in [5.74, 6) is -2.75. The Bertz CT molecular complexity index is 1380. The van der Waals surface area contributed by atoms with E-state index < -0.39 is 34.4 Å². The number of aliphatic hydroxyl groups excluding tert-OH is 1. The SMILES string of the molecule is CCOC(=O)c1ccc(N2C(=O)C(=O)/C(=C(/O)c3ccc([N+](=O)[O-])cc3)C2c2ccc(Br)cc2)cc1. The molecule has 1 amide bonds. The molecule has 1 atom stereocenters. The van der Waals surface area contributed by atoms with E-state index in [1.807, 2.05) is 0 Å². The molecule has 0 spiro atoms. The molecule has 36 heavy (non-hydrogen) atoms. The lowest BCUT2D eigenvalue weighted by molar-refractivity contribution is -0.384. The molecule has 10 heteroatoms. The average Bonchev–Trinajstić information content (AvgIpc) is 3.14. The number of nitro benzene ring substituents is 1. The summed E-state index contributed by atoms with van der Waals surface area (Å²) in [5, 5.41) is 22.1. The largest absolute Gasteiger partial charge is 0.507 e. The molecule has 182 valence electrons. The van der Waals surface area contributed by atoms with Crippen LogP contribution in [0.2, 0.25) is 0 Å². The molecule has 1 aliphatic heterocycles. The monoisotopic (exact) mass is 550 g/mol. The molecule has 0 saturated carbocycles. The van der Waals surface area contributed by atoms with E-state index >= 15 is 0 Å². The van der Waals surface area contributed by atoms with Crippen molar-refractivity contribution in [3.05, 3.63) is 110 Å². The Morgan fingerprint density at radius 3 is 2.14 bits per heavy atom. The molecule has 1 heterocycles. The molecule has 3 aromatic carbocycles. The van der Waals surface area contributed by atoms with Gasteiger partial charge >= 0.3 is 5.97 Å². The van der Waals surface area contributed by atoms with Gasteiger partial charge in [-0.05, 0) is 61.0 Å². The molecule has 3 aromatic rings. The highest BCUT2D eigenvalue weighted by Gasteiger charge is 2.47. The quantitative estimate of drug-likeness (QED) is 0.112. The van der Waals surface area contributed by atoms with Gasteiger partial charge in [0.1, 0.15) is 5.76 Å². The number of non-ortho nitro benzene ring substituents is 1. The first-order valence-corrected chi connectivity index (χ1v) is 11.6. The first-order valence-electron chi connectivity index (χ1n) is 10.8. The van der Waals surface area contributed by atoms with Gasteiger partial charge in [0.25, 0.3) is 17.4 Å². The maximum Gasteiger partial charge on any atom is 0.338 e. The molecule has 1 saturated heterocycles. The third-order valence-electron chi connectivity index (χ3n) is 5.64. The third kappa shape index (κ3) is 4.63. The van der Waals surface area contributed by atoms with Crippen molar-refractivity contribution in [2.75, 3.05) is 11.5 Å². The van der Waals surface area contributed by atoms with Gasteiger partial charge in [-0.15, -0.1) is 0 Å². The lowest BCUT2D eigenvalue weighted by Crippen LogP contribution is -2.29. The Morgan fingerprint density at radius 1 is 1.00 bits per heavy atom. The number of carbonyl (C=O) groups is 3. The Hall–Kier alpha value is -4.31. The number of amides is 1. The van der Waals surface area contributed by atoms with Gasteiger partial charge in [0.15, 0.2) is 0 Å². The number of carbonyl (C=O) groups excluding carboxylic acids is 3. The number of rotatable bonds is 6. The van der Waals surface area contributed by atoms with Crippen molar-refractivity contribution in [1.82, 2.24) is 0 Å². The van der Waals surface area contributed by atoms with Crippen molar-refractivity contribution in [3.8, 4) is 0 Å². The van der Waals surface area contributed by atoms with E-state index in [0.717, 1.165) is 4.47 Å². The molecule has 4 rings (SSSR count). The highest BCUT2D eigenvalue weighted by atomic mass is 79.9. The van der Waals surface area contributed by atoms with Crippen molar-refractivity contribution >= 4 is 50.7 Å². The number of halogens is 1. The molecule has 9 nitrogen and oxygen atoms in total. The highest BCUT2D eigenvalue weighted by molar-refractivity contribution is 9.10. The van der Waals surface area contributed by atoms with Crippen LogP contribution in [0, 0.1) is 10.1 Å². The molecular formula is C26H19BrN2O7. The summed E-state index contributed by atoms with van der Waals surface area (Å²) in [6.07, 6.45) is 0. The summed E-state index contributed by atoms with van der Waals surface area (Å²) in [7, 11) is 0. The predicted octanol–water partition coefficient (Wildman–Crippen LogP) is 5.16. The van der Waals surface area contributed by atoms with Crippen LogP contribution in [-0.4, -0.2) is 34.3 Å². The van der Waals surface area contributed by atoms with Gasteiger partial charge in [0.05, 0.1) is 28.7 Å². The van der Waals surface area contributed by atoms with Crippen LogP contribution in [0.4, 0.5) is 11.4 Å². The minimum absolute atomic E-state index is 0.151. The van der Waals surface area contributed by atoms with E-state index in [1.165, 1.54) is 53.4 Å². The molecule has 0 radical (unpaired) electrons. The van der Waals surface area contributed by atoms with Crippen molar-refractivity contribution < 1.29 is 29.2 Å². The van der Waals surface area contributed by atoms with Crippen LogP contribution in [0.5, 0.6) is 0 Å². The van der Waals surface area contributed by atoms with Gasteiger partial charge in [-0.2, -0.15) is 0 Å². The second kappa shape index (κ2) is 10.1. The zero-order chi connectivity index (χ0) is 26.0. The minimum atomic E-state index is -0.985. The number of esters is 1. The van der Waals surface area contributed by atoms with Crippen molar-refractivity contribution in [3.63, 3.8) is 0 Å². The van der Waals surface area contributed by atoms with Crippen molar-refractivity contribution in [1.29, 1.82) is 0 Å². The minimum Gasteiger partial charge on any atom is -0.507 e. The van der Waals surface area contributed by atoms with Crippen LogP contribution in [-0.2, 0) is 14.3 Å². The Labute approximate surface area is 213 Å². The average molecular weight is 551 g/mol. The summed E-state index contributed by atoms with van der Waals surface area (Å²) in [5.41, 5.74) is 0.974.